The molecule has 0 aromatic heterocycles. The first kappa shape index (κ1) is 47.9. The van der Waals surface area contributed by atoms with Crippen LogP contribution >= 0.6 is 0 Å². The lowest BCUT2D eigenvalue weighted by Crippen LogP contribution is -2.56. The number of aliphatic hydroxyl groups is 2. The molecule has 12 nitrogen and oxygen atoms in total. The summed E-state index contributed by atoms with van der Waals surface area (Å²) in [6, 6.07) is 24.6. The summed E-state index contributed by atoms with van der Waals surface area (Å²) in [6.07, 6.45) is 9.66. The van der Waals surface area contributed by atoms with Gasteiger partial charge in [-0.25, -0.2) is 0 Å². The Labute approximate surface area is 411 Å². The van der Waals surface area contributed by atoms with Crippen LogP contribution in [0.3, 0.4) is 0 Å². The smallest absolute Gasteiger partial charge is 0.161 e. The van der Waals surface area contributed by atoms with Crippen LogP contribution in [0, 0.1) is 5.92 Å². The first-order valence-corrected chi connectivity index (χ1v) is 25.1. The molecule has 5 aliphatic rings. The number of nitrogens with one attached hydrogen (secondary N) is 3. The Morgan fingerprint density at radius 3 is 2.57 bits per heavy atom. The van der Waals surface area contributed by atoms with Crippen molar-refractivity contribution in [1.82, 2.24) is 16.0 Å². The largest absolute Gasteiger partial charge is 0.507 e. The number of hydrogen-bond acceptors (Lipinski definition) is 12. The molecule has 0 fully saturated rings. The van der Waals surface area contributed by atoms with Crippen LogP contribution in [-0.2, 0) is 36.8 Å². The normalized spacial score (nSPS) is 22.3. The number of phenolic OH excluding ortho intramolecular Hbond substituents is 2. The summed E-state index contributed by atoms with van der Waals surface area (Å²) in [5.41, 5.74) is 8.99. The van der Waals surface area contributed by atoms with Crippen molar-refractivity contribution in [3.63, 3.8) is 0 Å². The van der Waals surface area contributed by atoms with Crippen molar-refractivity contribution in [3.05, 3.63) is 140 Å². The van der Waals surface area contributed by atoms with Crippen LogP contribution < -0.4 is 40.7 Å². The lowest BCUT2D eigenvalue weighted by molar-refractivity contribution is -0.129. The highest BCUT2D eigenvalue weighted by Gasteiger charge is 2.51. The average Bonchev–Trinajstić information content (AvgIpc) is 3.84. The highest BCUT2D eigenvalue weighted by atomic mass is 16.6. The second-order valence-electron chi connectivity index (χ2n) is 20.7. The fourth-order valence-corrected chi connectivity index (χ4v) is 12.1. The Hall–Kier alpha value is -5.73. The molecule has 6 atom stereocenters. The van der Waals surface area contributed by atoms with Gasteiger partial charge in [-0.05, 0) is 139 Å². The molecule has 3 aliphatic heterocycles. The van der Waals surface area contributed by atoms with Crippen molar-refractivity contribution in [2.75, 3.05) is 53.8 Å². The van der Waals surface area contributed by atoms with Crippen LogP contribution in [0.15, 0.2) is 83.9 Å². The van der Waals surface area contributed by atoms with Gasteiger partial charge in [0.25, 0.3) is 0 Å². The Kier molecular flexibility index (Phi) is 13.6. The van der Waals surface area contributed by atoms with Gasteiger partial charge in [0, 0.05) is 54.4 Å². The molecular formula is C58H68N4O8. The number of benzene rings is 5. The fourth-order valence-electron chi connectivity index (χ4n) is 12.1. The maximum atomic E-state index is 11.7. The highest BCUT2D eigenvalue weighted by Crippen LogP contribution is 2.60. The van der Waals surface area contributed by atoms with Gasteiger partial charge < -0.3 is 50.0 Å². The molecule has 7 N–H and O–H groups in total. The van der Waals surface area contributed by atoms with Crippen molar-refractivity contribution < 1.29 is 39.4 Å². The number of methoxy groups -OCH3 is 1. The van der Waals surface area contributed by atoms with Gasteiger partial charge in [0.15, 0.2) is 17.6 Å². The van der Waals surface area contributed by atoms with Gasteiger partial charge >= 0.3 is 0 Å². The van der Waals surface area contributed by atoms with E-state index in [2.05, 4.69) is 83.4 Å². The topological polar surface area (TPSA) is 166 Å². The first-order chi connectivity index (χ1) is 33.9. The van der Waals surface area contributed by atoms with E-state index in [1.807, 2.05) is 50.4 Å². The van der Waals surface area contributed by atoms with E-state index in [1.54, 1.807) is 13.2 Å². The van der Waals surface area contributed by atoms with Gasteiger partial charge in [-0.2, -0.15) is 0 Å². The number of hydrogen-bond donors (Lipinski definition) is 7. The predicted molar refractivity (Wildman–Crippen MR) is 272 cm³/mol. The minimum atomic E-state index is -1.03. The fraction of sp³-hybridized carbons (Fsp3) is 0.431. The van der Waals surface area contributed by atoms with Crippen LogP contribution in [-0.4, -0.2) is 91.5 Å². The maximum Gasteiger partial charge on any atom is 0.161 e. The van der Waals surface area contributed by atoms with Crippen molar-refractivity contribution in [2.45, 2.75) is 101 Å². The molecule has 2 aliphatic carbocycles. The third kappa shape index (κ3) is 9.10. The summed E-state index contributed by atoms with van der Waals surface area (Å²) in [7, 11) is 3.45. The van der Waals surface area contributed by atoms with Gasteiger partial charge in [-0.15, -0.1) is 0 Å². The summed E-state index contributed by atoms with van der Waals surface area (Å²) in [5.74, 6) is 2.48. The van der Waals surface area contributed by atoms with Gasteiger partial charge in [0.05, 0.1) is 38.0 Å². The first-order valence-electron chi connectivity index (χ1n) is 25.1. The van der Waals surface area contributed by atoms with Crippen LogP contribution in [0.2, 0.25) is 0 Å². The third-order valence-corrected chi connectivity index (χ3v) is 15.1. The number of allylic oxidation sites excluding steroid dienone is 1. The SMILES string of the molecule is CNCOC1(CNCNCC(C)(O)CC(C)C)Cc2c3c(c4c(c2OC1c1cc(CCc2ccccc2)c(O)c(OC)c1)CCC(CO)O4)-c1ccc(O)c2c1C(C3)C(c1ccc3c(c1)=CCN=3)C=C2. The average molecular weight is 949 g/mol. The number of rotatable bonds is 18. The standard InChI is InChI=1S/C58H68N4O8/c1-34(2)27-57(3,66)30-60-32-61-31-58(68-33-59-4)28-47-46-26-45-41(36-13-19-48-37(23-36)21-22-62-48)16-17-42-49(64)20-18-43(51(42)45)52(46)55-44(15-14-40(29-63)69-55)54(47)70-56(58)39-24-38(53(65)50(25-39)67-5)12-11-35-9-7-6-8-10-35/h6-10,13,16-21,23-25,34,40-41,45,56,59-61,63-66H,11-12,14-15,22,26-33H2,1-5H3. The molecule has 0 bridgehead atoms. The molecule has 0 spiro atoms. The second-order valence-corrected chi connectivity index (χ2v) is 20.7. The minimum absolute atomic E-state index is 0.000242. The van der Waals surface area contributed by atoms with E-state index in [9.17, 15) is 20.4 Å². The van der Waals surface area contributed by atoms with E-state index in [-0.39, 0.29) is 36.7 Å². The van der Waals surface area contributed by atoms with Crippen molar-refractivity contribution in [1.29, 1.82) is 0 Å². The number of ether oxygens (including phenoxy) is 4. The summed E-state index contributed by atoms with van der Waals surface area (Å²) < 4.78 is 27.7. The van der Waals surface area contributed by atoms with Gasteiger partial charge in [0.2, 0.25) is 0 Å². The summed E-state index contributed by atoms with van der Waals surface area (Å²) in [6.45, 7) is 8.05. The Morgan fingerprint density at radius 1 is 0.943 bits per heavy atom. The van der Waals surface area contributed by atoms with E-state index >= 15 is 0 Å². The van der Waals surface area contributed by atoms with E-state index < -0.39 is 23.4 Å². The molecule has 3 heterocycles. The molecule has 5 aromatic carbocycles. The van der Waals surface area contributed by atoms with Crippen LogP contribution in [0.25, 0.3) is 23.3 Å². The van der Waals surface area contributed by atoms with Crippen LogP contribution in [0.4, 0.5) is 0 Å². The molecule has 0 radical (unpaired) electrons. The number of phenols is 2. The number of fused-ring (bicyclic) bond motifs is 8. The summed E-state index contributed by atoms with van der Waals surface area (Å²) >= 11 is 0. The Bertz CT molecular complexity index is 2920. The molecule has 6 unspecified atom stereocenters. The van der Waals surface area contributed by atoms with Crippen LogP contribution in [0.5, 0.6) is 28.7 Å². The van der Waals surface area contributed by atoms with Crippen LogP contribution in [0.1, 0.15) is 102 Å². The van der Waals surface area contributed by atoms with Gasteiger partial charge in [-0.1, -0.05) is 74.5 Å². The molecule has 12 heteroatoms. The predicted octanol–water partition coefficient (Wildman–Crippen LogP) is 6.65. The zero-order chi connectivity index (χ0) is 48.7. The molecule has 0 saturated heterocycles. The monoisotopic (exact) mass is 949 g/mol. The third-order valence-electron chi connectivity index (χ3n) is 15.1. The number of nitrogens with zero attached hydrogens (tertiary/aromatic N) is 1. The molecule has 0 saturated carbocycles. The van der Waals surface area contributed by atoms with Gasteiger partial charge in [-0.3, -0.25) is 10.3 Å². The molecular weight excluding hydrogens is 881 g/mol. The van der Waals surface area contributed by atoms with Crippen molar-refractivity contribution in [2.24, 2.45) is 10.9 Å². The number of aromatic hydroxyl groups is 2. The molecule has 10 rings (SSSR count). The second kappa shape index (κ2) is 19.8. The maximum absolute atomic E-state index is 11.7. The summed E-state index contributed by atoms with van der Waals surface area (Å²) in [4.78, 5) is 4.68. The van der Waals surface area contributed by atoms with E-state index in [4.69, 9.17) is 18.9 Å². The minimum Gasteiger partial charge on any atom is -0.507 e. The highest BCUT2D eigenvalue weighted by molar-refractivity contribution is 5.89. The number of aryl methyl sites for hydroxylation is 2. The van der Waals surface area contributed by atoms with Gasteiger partial charge in [0.1, 0.15) is 29.0 Å². The molecule has 70 heavy (non-hydrogen) atoms. The molecule has 5 aromatic rings. The lowest BCUT2D eigenvalue weighted by atomic mass is 9.64. The van der Waals surface area contributed by atoms with E-state index in [1.165, 1.54) is 5.56 Å². The Balaban J connectivity index is 1.14. The Morgan fingerprint density at radius 2 is 1.79 bits per heavy atom. The quantitative estimate of drug-likeness (QED) is 0.0372. The van der Waals surface area contributed by atoms with Crippen molar-refractivity contribution >= 4 is 12.2 Å². The number of aliphatic hydroxyl groups excluding tert-OH is 1. The zero-order valence-corrected chi connectivity index (χ0v) is 41.1. The lowest BCUT2D eigenvalue weighted by Gasteiger charge is -2.48. The summed E-state index contributed by atoms with van der Waals surface area (Å²) in [5, 5.41) is 57.6. The molecule has 368 valence electrons. The van der Waals surface area contributed by atoms with E-state index in [0.29, 0.717) is 82.9 Å². The zero-order valence-electron chi connectivity index (χ0n) is 41.1. The molecule has 0 amide bonds. The van der Waals surface area contributed by atoms with Crippen molar-refractivity contribution in [3.8, 4) is 39.9 Å². The van der Waals surface area contributed by atoms with E-state index in [0.717, 1.165) is 77.7 Å².